The Hall–Kier alpha value is -1.89. The highest BCUT2D eigenvalue weighted by Crippen LogP contribution is 2.09. The fourth-order valence-corrected chi connectivity index (χ4v) is 1.99. The number of aryl methyl sites for hydroxylation is 1. The van der Waals surface area contributed by atoms with E-state index in [1.807, 2.05) is 31.2 Å². The van der Waals surface area contributed by atoms with Crippen molar-refractivity contribution in [3.63, 3.8) is 0 Å². The molecule has 108 valence electrons. The number of benzene rings is 2. The van der Waals surface area contributed by atoms with Gasteiger partial charge >= 0.3 is 5.97 Å². The number of hydrogen-bond donors (Lipinski definition) is 1. The average Bonchev–Trinajstić information content (AvgIpc) is 2.48. The molecule has 2 aromatic carbocycles. The number of anilines is 1. The molecule has 5 heteroatoms. The molecule has 21 heavy (non-hydrogen) atoms. The molecule has 0 unspecified atom stereocenters. The van der Waals surface area contributed by atoms with E-state index in [4.69, 9.17) is 4.74 Å². The second-order valence-corrected chi connectivity index (χ2v) is 5.74. The Labute approximate surface area is 136 Å². The van der Waals surface area contributed by atoms with Crippen LogP contribution in [-0.2, 0) is 9.53 Å². The van der Waals surface area contributed by atoms with Crippen LogP contribution in [0.15, 0.2) is 48.5 Å². The largest absolute Gasteiger partial charge is 0.452 e. The van der Waals surface area contributed by atoms with Crippen molar-refractivity contribution in [3.05, 3.63) is 63.2 Å². The van der Waals surface area contributed by atoms with Crippen molar-refractivity contribution < 1.29 is 14.3 Å². The van der Waals surface area contributed by atoms with Crippen LogP contribution in [0.5, 0.6) is 0 Å². The average molecular weight is 395 g/mol. The zero-order valence-corrected chi connectivity index (χ0v) is 13.6. The van der Waals surface area contributed by atoms with E-state index in [0.717, 1.165) is 9.13 Å². The highest BCUT2D eigenvalue weighted by molar-refractivity contribution is 14.1. The lowest BCUT2D eigenvalue weighted by atomic mass is 10.2. The van der Waals surface area contributed by atoms with E-state index in [-0.39, 0.29) is 12.5 Å². The van der Waals surface area contributed by atoms with E-state index in [1.54, 1.807) is 24.3 Å². The predicted molar refractivity (Wildman–Crippen MR) is 89.3 cm³/mol. The summed E-state index contributed by atoms with van der Waals surface area (Å²) < 4.78 is 6.00. The predicted octanol–water partition coefficient (Wildman–Crippen LogP) is 3.40. The van der Waals surface area contributed by atoms with Gasteiger partial charge in [0.05, 0.1) is 5.56 Å². The monoisotopic (exact) mass is 395 g/mol. The second-order valence-electron chi connectivity index (χ2n) is 4.50. The third-order valence-corrected chi connectivity index (χ3v) is 3.47. The first kappa shape index (κ1) is 15.5. The maximum Gasteiger partial charge on any atom is 0.338 e. The summed E-state index contributed by atoms with van der Waals surface area (Å²) in [6, 6.07) is 14.3. The number of carbonyl (C=O) groups excluding carboxylic acids is 2. The number of carbonyl (C=O) groups is 2. The van der Waals surface area contributed by atoms with Gasteiger partial charge in [0.1, 0.15) is 0 Å². The van der Waals surface area contributed by atoms with E-state index in [1.165, 1.54) is 0 Å². The molecule has 0 heterocycles. The number of esters is 1. The lowest BCUT2D eigenvalue weighted by Crippen LogP contribution is -2.20. The number of halogens is 1. The maximum absolute atomic E-state index is 11.8. The molecule has 2 aromatic rings. The Bertz CT molecular complexity index is 636. The molecular weight excluding hydrogens is 381 g/mol. The van der Waals surface area contributed by atoms with E-state index in [9.17, 15) is 9.59 Å². The van der Waals surface area contributed by atoms with Gasteiger partial charge in [-0.2, -0.15) is 0 Å². The van der Waals surface area contributed by atoms with Crippen molar-refractivity contribution in [2.24, 2.45) is 0 Å². The molecule has 0 saturated carbocycles. The number of amides is 1. The number of rotatable bonds is 4. The Morgan fingerprint density at radius 1 is 1.05 bits per heavy atom. The zero-order valence-electron chi connectivity index (χ0n) is 11.4. The summed E-state index contributed by atoms with van der Waals surface area (Å²) in [4.78, 5) is 23.5. The lowest BCUT2D eigenvalue weighted by molar-refractivity contribution is -0.119. The second kappa shape index (κ2) is 7.21. The summed E-state index contributed by atoms with van der Waals surface area (Å²) in [7, 11) is 0. The summed E-state index contributed by atoms with van der Waals surface area (Å²) in [5, 5.41) is 2.67. The molecule has 0 spiro atoms. The van der Waals surface area contributed by atoms with E-state index < -0.39 is 5.97 Å². The van der Waals surface area contributed by atoms with Gasteiger partial charge in [-0.25, -0.2) is 4.79 Å². The Balaban J connectivity index is 1.84. The van der Waals surface area contributed by atoms with Gasteiger partial charge < -0.3 is 10.1 Å². The Kier molecular flexibility index (Phi) is 5.32. The Morgan fingerprint density at radius 2 is 1.67 bits per heavy atom. The number of nitrogens with one attached hydrogen (secondary N) is 1. The summed E-state index contributed by atoms with van der Waals surface area (Å²) in [6.45, 7) is 1.66. The summed E-state index contributed by atoms with van der Waals surface area (Å²) >= 11 is 2.15. The summed E-state index contributed by atoms with van der Waals surface area (Å²) in [6.07, 6.45) is 0. The molecule has 0 aliphatic rings. The van der Waals surface area contributed by atoms with Crippen molar-refractivity contribution >= 4 is 40.2 Å². The topological polar surface area (TPSA) is 55.4 Å². The molecule has 4 nitrogen and oxygen atoms in total. The molecule has 2 rings (SSSR count). The van der Waals surface area contributed by atoms with Gasteiger partial charge in [0.15, 0.2) is 6.61 Å². The Morgan fingerprint density at radius 3 is 2.29 bits per heavy atom. The highest BCUT2D eigenvalue weighted by atomic mass is 127. The highest BCUT2D eigenvalue weighted by Gasteiger charge is 2.10. The maximum atomic E-state index is 11.8. The van der Waals surface area contributed by atoms with Gasteiger partial charge in [0.2, 0.25) is 0 Å². The van der Waals surface area contributed by atoms with Crippen LogP contribution in [0.4, 0.5) is 5.69 Å². The molecule has 0 saturated heterocycles. The van der Waals surface area contributed by atoms with Gasteiger partial charge in [0.25, 0.3) is 5.91 Å². The first-order valence-corrected chi connectivity index (χ1v) is 7.42. The van der Waals surface area contributed by atoms with Crippen molar-refractivity contribution in [2.45, 2.75) is 6.92 Å². The van der Waals surface area contributed by atoms with E-state index in [2.05, 4.69) is 27.9 Å². The molecule has 0 fully saturated rings. The fourth-order valence-electron chi connectivity index (χ4n) is 1.63. The lowest BCUT2D eigenvalue weighted by Gasteiger charge is -2.07. The summed E-state index contributed by atoms with van der Waals surface area (Å²) in [5.41, 5.74) is 2.22. The van der Waals surface area contributed by atoms with Crippen molar-refractivity contribution in [1.29, 1.82) is 0 Å². The molecule has 0 bridgehead atoms. The molecule has 1 N–H and O–H groups in total. The molecule has 0 aliphatic carbocycles. The minimum Gasteiger partial charge on any atom is -0.452 e. The summed E-state index contributed by atoms with van der Waals surface area (Å²) in [5.74, 6) is -0.872. The fraction of sp³-hybridized carbons (Fsp3) is 0.125. The van der Waals surface area contributed by atoms with Crippen LogP contribution >= 0.6 is 22.6 Å². The minimum absolute atomic E-state index is 0.307. The normalized spacial score (nSPS) is 10.0. The van der Waals surface area contributed by atoms with Gasteiger partial charge in [-0.05, 0) is 65.9 Å². The van der Waals surface area contributed by atoms with Gasteiger partial charge in [-0.3, -0.25) is 4.79 Å². The molecule has 1 amide bonds. The van der Waals surface area contributed by atoms with Crippen LogP contribution in [0, 0.1) is 10.5 Å². The zero-order chi connectivity index (χ0) is 15.2. The van der Waals surface area contributed by atoms with E-state index in [0.29, 0.717) is 11.3 Å². The molecular formula is C16H14INO3. The van der Waals surface area contributed by atoms with Crippen LogP contribution in [0.3, 0.4) is 0 Å². The van der Waals surface area contributed by atoms with Crippen LogP contribution in [0.2, 0.25) is 0 Å². The quantitative estimate of drug-likeness (QED) is 0.638. The van der Waals surface area contributed by atoms with Crippen molar-refractivity contribution in [2.75, 3.05) is 11.9 Å². The van der Waals surface area contributed by atoms with Gasteiger partial charge in [-0.1, -0.05) is 17.7 Å². The van der Waals surface area contributed by atoms with Crippen LogP contribution in [0.1, 0.15) is 15.9 Å². The third-order valence-electron chi connectivity index (χ3n) is 2.75. The van der Waals surface area contributed by atoms with Crippen molar-refractivity contribution in [1.82, 2.24) is 0 Å². The van der Waals surface area contributed by atoms with E-state index >= 15 is 0 Å². The van der Waals surface area contributed by atoms with Gasteiger partial charge in [0, 0.05) is 9.26 Å². The SMILES string of the molecule is Cc1ccc(NC(=O)COC(=O)c2ccc(I)cc2)cc1. The minimum atomic E-state index is -0.509. The van der Waals surface area contributed by atoms with Crippen LogP contribution in [-0.4, -0.2) is 18.5 Å². The molecule has 0 aliphatic heterocycles. The smallest absolute Gasteiger partial charge is 0.338 e. The molecule has 0 atom stereocenters. The molecule has 0 aromatic heterocycles. The van der Waals surface area contributed by atoms with Gasteiger partial charge in [-0.15, -0.1) is 0 Å². The standard InChI is InChI=1S/C16H14INO3/c1-11-2-8-14(9-3-11)18-15(19)10-21-16(20)12-4-6-13(17)7-5-12/h2-9H,10H2,1H3,(H,18,19). The number of hydrogen-bond acceptors (Lipinski definition) is 3. The van der Waals surface area contributed by atoms with Crippen LogP contribution in [0.25, 0.3) is 0 Å². The van der Waals surface area contributed by atoms with Crippen molar-refractivity contribution in [3.8, 4) is 0 Å². The number of ether oxygens (including phenoxy) is 1. The molecule has 0 radical (unpaired) electrons. The first-order valence-electron chi connectivity index (χ1n) is 6.34. The third kappa shape index (κ3) is 4.86. The first-order chi connectivity index (χ1) is 10.0. The van der Waals surface area contributed by atoms with Crippen LogP contribution < -0.4 is 5.32 Å².